The van der Waals surface area contributed by atoms with Gasteiger partial charge in [-0.1, -0.05) is 63.4 Å². The molecule has 42 heavy (non-hydrogen) atoms. The number of hydrogen-bond acceptors (Lipinski definition) is 5. The zero-order valence-electron chi connectivity index (χ0n) is 22.8. The summed E-state index contributed by atoms with van der Waals surface area (Å²) in [5.41, 5.74) is 7.90. The lowest BCUT2D eigenvalue weighted by Crippen LogP contribution is -2.19. The number of rotatable bonds is 7. The molecule has 1 heterocycles. The summed E-state index contributed by atoms with van der Waals surface area (Å²) in [4.78, 5) is 31.6. The van der Waals surface area contributed by atoms with Crippen molar-refractivity contribution in [1.29, 1.82) is 0 Å². The van der Waals surface area contributed by atoms with Crippen LogP contribution in [0.1, 0.15) is 32.0 Å². The topological polar surface area (TPSA) is 86.8 Å². The van der Waals surface area contributed by atoms with Gasteiger partial charge in [0.2, 0.25) is 0 Å². The lowest BCUT2D eigenvalue weighted by atomic mass is 10.0. The van der Waals surface area contributed by atoms with Crippen molar-refractivity contribution < 1.29 is 14.3 Å². The fraction of sp³-hybridized carbons (Fsp3) is 0.0938. The molecule has 0 atom stereocenters. The number of hydrogen-bond donors (Lipinski definition) is 2. The Morgan fingerprint density at radius 2 is 1.79 bits per heavy atom. The summed E-state index contributed by atoms with van der Waals surface area (Å²) in [6.45, 7) is 1.90. The number of H-pyrrole nitrogens is 1. The molecule has 0 spiro atoms. The van der Waals surface area contributed by atoms with Crippen LogP contribution in [0.4, 0.5) is 5.69 Å². The Bertz CT molecular complexity index is 1870. The number of aryl methyl sites for hydroxylation is 1. The van der Waals surface area contributed by atoms with E-state index in [2.05, 4.69) is 47.4 Å². The Morgan fingerprint density at radius 1 is 1.00 bits per heavy atom. The van der Waals surface area contributed by atoms with Gasteiger partial charge < -0.3 is 14.6 Å². The monoisotopic (exact) mass is 706 g/mol. The number of nitrogens with zero attached hydrogens (tertiary/aromatic N) is 2. The maximum atomic E-state index is 13.5. The number of ether oxygens (including phenoxy) is 1. The lowest BCUT2D eigenvalue weighted by Gasteiger charge is -2.13. The highest BCUT2D eigenvalue weighted by molar-refractivity contribution is 9.11. The summed E-state index contributed by atoms with van der Waals surface area (Å²) in [7, 11) is 3.91. The van der Waals surface area contributed by atoms with E-state index in [1.165, 1.54) is 6.21 Å². The Labute approximate surface area is 264 Å². The first-order chi connectivity index (χ1) is 20.1. The summed E-state index contributed by atoms with van der Waals surface area (Å²) < 4.78 is 7.01. The molecular weight excluding hydrogens is 684 g/mol. The van der Waals surface area contributed by atoms with Crippen molar-refractivity contribution in [1.82, 2.24) is 10.4 Å². The van der Waals surface area contributed by atoms with E-state index in [4.69, 9.17) is 16.3 Å². The van der Waals surface area contributed by atoms with Crippen LogP contribution in [-0.2, 0) is 0 Å². The molecule has 10 heteroatoms. The van der Waals surface area contributed by atoms with Gasteiger partial charge in [0, 0.05) is 56.9 Å². The number of aromatic amines is 1. The highest BCUT2D eigenvalue weighted by atomic mass is 79.9. The number of fused-ring (bicyclic) bond motifs is 1. The molecule has 0 aliphatic heterocycles. The van der Waals surface area contributed by atoms with Crippen molar-refractivity contribution >= 4 is 78.1 Å². The average Bonchev–Trinajstić information content (AvgIpc) is 3.33. The molecular formula is C32H25Br2ClN4O3. The van der Waals surface area contributed by atoms with Crippen molar-refractivity contribution in [3.63, 3.8) is 0 Å². The van der Waals surface area contributed by atoms with E-state index in [1.807, 2.05) is 68.4 Å². The number of benzene rings is 4. The molecule has 0 aliphatic rings. The third kappa shape index (κ3) is 6.28. The zero-order valence-corrected chi connectivity index (χ0v) is 26.8. The van der Waals surface area contributed by atoms with Crippen LogP contribution in [0.5, 0.6) is 5.75 Å². The van der Waals surface area contributed by atoms with Gasteiger partial charge in [-0.15, -0.1) is 0 Å². The minimum Gasteiger partial charge on any atom is -0.421 e. The Hall–Kier alpha value is -3.92. The number of anilines is 1. The van der Waals surface area contributed by atoms with Crippen molar-refractivity contribution in [2.75, 3.05) is 19.0 Å². The molecule has 0 radical (unpaired) electrons. The maximum absolute atomic E-state index is 13.5. The number of nitrogens with one attached hydrogen (secondary N) is 2. The first kappa shape index (κ1) is 29.6. The molecule has 4 aromatic carbocycles. The van der Waals surface area contributed by atoms with Gasteiger partial charge in [-0.2, -0.15) is 5.10 Å². The first-order valence-electron chi connectivity index (χ1n) is 12.8. The van der Waals surface area contributed by atoms with Gasteiger partial charge >= 0.3 is 5.97 Å². The number of halogens is 3. The van der Waals surface area contributed by atoms with Crippen molar-refractivity contribution in [2.45, 2.75) is 6.92 Å². The largest absolute Gasteiger partial charge is 0.421 e. The fourth-order valence-corrected chi connectivity index (χ4v) is 6.07. The minimum absolute atomic E-state index is 0.265. The second-order valence-electron chi connectivity index (χ2n) is 9.74. The van der Waals surface area contributed by atoms with E-state index < -0.39 is 11.9 Å². The molecule has 0 unspecified atom stereocenters. The molecule has 1 aromatic heterocycles. The van der Waals surface area contributed by atoms with E-state index >= 15 is 0 Å². The summed E-state index contributed by atoms with van der Waals surface area (Å²) >= 11 is 13.5. The first-order valence-corrected chi connectivity index (χ1v) is 14.8. The molecule has 212 valence electrons. The Balaban J connectivity index is 1.48. The van der Waals surface area contributed by atoms with Gasteiger partial charge in [0.15, 0.2) is 5.75 Å². The molecule has 1 amide bonds. The van der Waals surface area contributed by atoms with E-state index in [-0.39, 0.29) is 5.75 Å². The normalized spacial score (nSPS) is 11.2. The number of amides is 1. The van der Waals surface area contributed by atoms with E-state index in [0.29, 0.717) is 31.9 Å². The summed E-state index contributed by atoms with van der Waals surface area (Å²) in [5, 5.41) is 5.58. The molecule has 0 saturated carbocycles. The van der Waals surface area contributed by atoms with Crippen LogP contribution in [0.25, 0.3) is 22.0 Å². The fourth-order valence-electron chi connectivity index (χ4n) is 4.50. The van der Waals surface area contributed by atoms with Crippen LogP contribution in [0, 0.1) is 6.92 Å². The third-order valence-electron chi connectivity index (χ3n) is 6.52. The third-order valence-corrected chi connectivity index (χ3v) is 7.90. The summed E-state index contributed by atoms with van der Waals surface area (Å²) in [6.07, 6.45) is 1.42. The van der Waals surface area contributed by atoms with Gasteiger partial charge in [0.1, 0.15) is 5.69 Å². The van der Waals surface area contributed by atoms with Crippen LogP contribution in [-0.4, -0.2) is 37.2 Å². The number of aromatic nitrogens is 1. The Kier molecular flexibility index (Phi) is 8.82. The second-order valence-corrected chi connectivity index (χ2v) is 11.9. The summed E-state index contributed by atoms with van der Waals surface area (Å²) in [5.74, 6) is -0.711. The zero-order chi connectivity index (χ0) is 30.0. The summed E-state index contributed by atoms with van der Waals surface area (Å²) in [6, 6.07) is 23.9. The van der Waals surface area contributed by atoms with E-state index in [9.17, 15) is 9.59 Å². The number of esters is 1. The van der Waals surface area contributed by atoms with E-state index in [1.54, 1.807) is 36.4 Å². The van der Waals surface area contributed by atoms with Gasteiger partial charge in [-0.25, -0.2) is 10.2 Å². The van der Waals surface area contributed by atoms with Gasteiger partial charge in [0.25, 0.3) is 5.91 Å². The molecule has 5 rings (SSSR count). The highest BCUT2D eigenvalue weighted by Gasteiger charge is 2.22. The number of hydrazone groups is 1. The molecule has 0 bridgehead atoms. The molecule has 7 nitrogen and oxygen atoms in total. The van der Waals surface area contributed by atoms with Crippen molar-refractivity contribution in [2.24, 2.45) is 5.10 Å². The minimum atomic E-state index is -0.514. The van der Waals surface area contributed by atoms with Gasteiger partial charge in [-0.3, -0.25) is 4.79 Å². The van der Waals surface area contributed by atoms with Crippen molar-refractivity contribution in [3.8, 4) is 16.9 Å². The standard InChI is InChI=1S/C32H25Br2ClN4O3/c1-18-7-6-8-19(13-18)32(41)42-30-20(14-21(33)15-25(30)34)17-36-38-31(40)29-28(23-9-4-5-10-26(23)35)24-16-22(39(2)3)11-12-27(24)37-29/h4-17,37H,1-3H3,(H,38,40). The quantitative estimate of drug-likeness (QED) is 0.0770. The smallest absolute Gasteiger partial charge is 0.343 e. The van der Waals surface area contributed by atoms with Crippen LogP contribution in [0.2, 0.25) is 5.02 Å². The molecule has 2 N–H and O–H groups in total. The number of carbonyl (C=O) groups excluding carboxylic acids is 2. The van der Waals surface area contributed by atoms with Crippen LogP contribution < -0.4 is 15.1 Å². The van der Waals surface area contributed by atoms with Crippen molar-refractivity contribution in [3.05, 3.63) is 115 Å². The Morgan fingerprint density at radius 3 is 2.52 bits per heavy atom. The molecule has 5 aromatic rings. The SMILES string of the molecule is Cc1cccc(C(=O)Oc2c(Br)cc(Br)cc2C=NNC(=O)c2[nH]c3ccc(N(C)C)cc3c2-c2ccccc2Cl)c1. The predicted molar refractivity (Wildman–Crippen MR) is 176 cm³/mol. The predicted octanol–water partition coefficient (Wildman–Crippen LogP) is 8.37. The molecule has 0 fully saturated rings. The molecule has 0 aliphatic carbocycles. The highest BCUT2D eigenvalue weighted by Crippen LogP contribution is 2.38. The van der Waals surface area contributed by atoms with Crippen LogP contribution in [0.3, 0.4) is 0 Å². The average molecular weight is 709 g/mol. The molecule has 0 saturated heterocycles. The van der Waals surface area contributed by atoms with Gasteiger partial charge in [0.05, 0.1) is 16.3 Å². The van der Waals surface area contributed by atoms with Gasteiger partial charge in [-0.05, 0) is 71.4 Å². The van der Waals surface area contributed by atoms with Crippen LogP contribution in [0.15, 0.2) is 92.9 Å². The maximum Gasteiger partial charge on any atom is 0.343 e. The number of carbonyl (C=O) groups is 2. The lowest BCUT2D eigenvalue weighted by molar-refractivity contribution is 0.0732. The van der Waals surface area contributed by atoms with E-state index in [0.717, 1.165) is 32.2 Å². The van der Waals surface area contributed by atoms with Crippen LogP contribution >= 0.6 is 43.5 Å². The second kappa shape index (κ2) is 12.5.